The van der Waals surface area contributed by atoms with Crippen LogP contribution in [0.5, 0.6) is 0 Å². The van der Waals surface area contributed by atoms with Gasteiger partial charge in [0.1, 0.15) is 11.9 Å². The number of carboxylic acid groups (broad SMARTS) is 1. The van der Waals surface area contributed by atoms with E-state index >= 15 is 0 Å². The van der Waals surface area contributed by atoms with E-state index in [1.54, 1.807) is 0 Å². The van der Waals surface area contributed by atoms with E-state index in [2.05, 4.69) is 25.9 Å². The number of benzene rings is 1. The van der Waals surface area contributed by atoms with Gasteiger partial charge in [-0.1, -0.05) is 15.9 Å². The number of aryl methyl sites for hydroxylation is 1. The van der Waals surface area contributed by atoms with E-state index in [4.69, 9.17) is 9.84 Å². The molecule has 1 aromatic heterocycles. The van der Waals surface area contributed by atoms with Gasteiger partial charge in [0.2, 0.25) is 0 Å². The quantitative estimate of drug-likeness (QED) is 0.890. The smallest absolute Gasteiger partial charge is 0.332 e. The molecule has 19 heavy (non-hydrogen) atoms. The van der Waals surface area contributed by atoms with E-state index in [0.717, 1.165) is 21.1 Å². The van der Waals surface area contributed by atoms with Crippen molar-refractivity contribution in [2.45, 2.75) is 32.0 Å². The highest BCUT2D eigenvalue weighted by Gasteiger charge is 2.33. The molecule has 1 aromatic carbocycles. The molecule has 3 rings (SSSR count). The summed E-state index contributed by atoms with van der Waals surface area (Å²) < 4.78 is 6.49. The monoisotopic (exact) mass is 324 g/mol. The Hall–Kier alpha value is -1.40. The lowest BCUT2D eigenvalue weighted by Crippen LogP contribution is -2.18. The van der Waals surface area contributed by atoms with Gasteiger partial charge < -0.3 is 14.8 Å². The molecule has 5 nitrogen and oxygen atoms in total. The molecule has 0 radical (unpaired) electrons. The Morgan fingerprint density at radius 2 is 2.32 bits per heavy atom. The van der Waals surface area contributed by atoms with Crippen LogP contribution >= 0.6 is 15.9 Å². The number of ether oxygens (including phenoxy) is 1. The molecule has 0 bridgehead atoms. The third kappa shape index (κ3) is 2.26. The van der Waals surface area contributed by atoms with Gasteiger partial charge in [-0.25, -0.2) is 9.78 Å². The molecule has 1 saturated heterocycles. The summed E-state index contributed by atoms with van der Waals surface area (Å²) in [6.07, 6.45) is 0.231. The number of aliphatic carboxylic acids is 1. The average molecular weight is 325 g/mol. The van der Waals surface area contributed by atoms with Crippen LogP contribution in [-0.2, 0) is 9.53 Å². The zero-order valence-electron chi connectivity index (χ0n) is 10.3. The SMILES string of the molecule is Cc1cc(Br)cc2[nH]c(C3CCC(C(=O)O)O3)nc12. The van der Waals surface area contributed by atoms with Gasteiger partial charge in [-0.3, -0.25) is 0 Å². The maximum atomic E-state index is 10.9. The summed E-state index contributed by atoms with van der Waals surface area (Å²) in [6.45, 7) is 1.99. The summed E-state index contributed by atoms with van der Waals surface area (Å²) in [7, 11) is 0. The number of H-pyrrole nitrogens is 1. The van der Waals surface area contributed by atoms with Crippen molar-refractivity contribution in [1.82, 2.24) is 9.97 Å². The van der Waals surface area contributed by atoms with Crippen molar-refractivity contribution >= 4 is 32.9 Å². The second-order valence-corrected chi connectivity index (χ2v) is 5.69. The topological polar surface area (TPSA) is 75.2 Å². The van der Waals surface area contributed by atoms with E-state index in [9.17, 15) is 4.79 Å². The van der Waals surface area contributed by atoms with Crippen LogP contribution in [0.2, 0.25) is 0 Å². The van der Waals surface area contributed by atoms with Crippen molar-refractivity contribution in [2.24, 2.45) is 0 Å². The summed E-state index contributed by atoms with van der Waals surface area (Å²) in [5.41, 5.74) is 2.91. The van der Waals surface area contributed by atoms with Crippen LogP contribution < -0.4 is 0 Å². The van der Waals surface area contributed by atoms with Crippen LogP contribution in [0.15, 0.2) is 16.6 Å². The van der Waals surface area contributed by atoms with Gasteiger partial charge in [-0.2, -0.15) is 0 Å². The maximum absolute atomic E-state index is 10.9. The van der Waals surface area contributed by atoms with Gasteiger partial charge in [0.25, 0.3) is 0 Å². The average Bonchev–Trinajstić information content (AvgIpc) is 2.92. The predicted octanol–water partition coefficient (Wildman–Crippen LogP) is 2.94. The molecule has 0 aliphatic carbocycles. The van der Waals surface area contributed by atoms with Crippen molar-refractivity contribution in [3.05, 3.63) is 28.0 Å². The minimum Gasteiger partial charge on any atom is -0.479 e. The van der Waals surface area contributed by atoms with Crippen LogP contribution in [0.25, 0.3) is 11.0 Å². The molecule has 2 heterocycles. The summed E-state index contributed by atoms with van der Waals surface area (Å²) >= 11 is 3.45. The summed E-state index contributed by atoms with van der Waals surface area (Å²) in [4.78, 5) is 18.6. The summed E-state index contributed by atoms with van der Waals surface area (Å²) in [5.74, 6) is -0.197. The molecule has 1 aliphatic rings. The highest BCUT2D eigenvalue weighted by atomic mass is 79.9. The fourth-order valence-electron chi connectivity index (χ4n) is 2.44. The highest BCUT2D eigenvalue weighted by molar-refractivity contribution is 9.10. The number of nitrogens with one attached hydrogen (secondary N) is 1. The van der Waals surface area contributed by atoms with Gasteiger partial charge in [-0.05, 0) is 37.5 Å². The normalized spacial score (nSPS) is 23.1. The molecule has 1 aliphatic heterocycles. The minimum atomic E-state index is -0.905. The van der Waals surface area contributed by atoms with E-state index in [-0.39, 0.29) is 6.10 Å². The number of fused-ring (bicyclic) bond motifs is 1. The van der Waals surface area contributed by atoms with Crippen LogP contribution in [-0.4, -0.2) is 27.1 Å². The zero-order valence-corrected chi connectivity index (χ0v) is 11.9. The third-order valence-corrected chi connectivity index (χ3v) is 3.82. The van der Waals surface area contributed by atoms with Crippen LogP contribution in [0.1, 0.15) is 30.3 Å². The van der Waals surface area contributed by atoms with Crippen molar-refractivity contribution in [3.8, 4) is 0 Å². The number of nitrogens with zero attached hydrogens (tertiary/aromatic N) is 1. The first-order chi connectivity index (χ1) is 9.04. The first-order valence-corrected chi connectivity index (χ1v) is 6.88. The fraction of sp³-hybridized carbons (Fsp3) is 0.385. The van der Waals surface area contributed by atoms with Crippen molar-refractivity contribution in [2.75, 3.05) is 0 Å². The number of imidazole rings is 1. The molecule has 1 fully saturated rings. The van der Waals surface area contributed by atoms with Gasteiger partial charge in [0, 0.05) is 4.47 Å². The minimum absolute atomic E-state index is 0.258. The van der Waals surface area contributed by atoms with Gasteiger partial charge in [0.05, 0.1) is 11.0 Å². The fourth-order valence-corrected chi connectivity index (χ4v) is 3.01. The predicted molar refractivity (Wildman–Crippen MR) is 73.0 cm³/mol. The molecule has 6 heteroatoms. The molecular weight excluding hydrogens is 312 g/mol. The number of rotatable bonds is 2. The molecular formula is C13H13BrN2O3. The second-order valence-electron chi connectivity index (χ2n) is 4.77. The molecule has 2 N–H and O–H groups in total. The van der Waals surface area contributed by atoms with Crippen molar-refractivity contribution in [1.29, 1.82) is 0 Å². The van der Waals surface area contributed by atoms with Gasteiger partial charge >= 0.3 is 5.97 Å². The highest BCUT2D eigenvalue weighted by Crippen LogP contribution is 2.33. The van der Waals surface area contributed by atoms with E-state index in [1.165, 1.54) is 0 Å². The molecule has 100 valence electrons. The lowest BCUT2D eigenvalue weighted by molar-refractivity contribution is -0.149. The molecule has 2 unspecified atom stereocenters. The van der Waals surface area contributed by atoms with E-state index < -0.39 is 12.1 Å². The maximum Gasteiger partial charge on any atom is 0.332 e. The zero-order chi connectivity index (χ0) is 13.6. The molecule has 2 atom stereocenters. The van der Waals surface area contributed by atoms with Crippen LogP contribution in [0.4, 0.5) is 0 Å². The number of carboxylic acids is 1. The first-order valence-electron chi connectivity index (χ1n) is 6.08. The third-order valence-electron chi connectivity index (χ3n) is 3.36. The number of aromatic amines is 1. The molecule has 2 aromatic rings. The second kappa shape index (κ2) is 4.61. The molecule has 0 amide bonds. The number of aromatic nitrogens is 2. The number of halogens is 1. The molecule has 0 spiro atoms. The number of hydrogen-bond acceptors (Lipinski definition) is 3. The van der Waals surface area contributed by atoms with Crippen molar-refractivity contribution < 1.29 is 14.6 Å². The Morgan fingerprint density at radius 1 is 1.53 bits per heavy atom. The van der Waals surface area contributed by atoms with E-state index in [1.807, 2.05) is 19.1 Å². The molecule has 0 saturated carbocycles. The van der Waals surface area contributed by atoms with Gasteiger partial charge in [0.15, 0.2) is 6.10 Å². The Kier molecular flexibility index (Phi) is 3.06. The standard InChI is InChI=1S/C13H13BrN2O3/c1-6-4-7(14)5-8-11(6)16-12(15-8)9-2-3-10(19-9)13(17)18/h4-5,9-10H,2-3H2,1H3,(H,15,16)(H,17,18). The van der Waals surface area contributed by atoms with E-state index in [0.29, 0.717) is 18.7 Å². The number of hydrogen-bond donors (Lipinski definition) is 2. The first kappa shape index (κ1) is 12.6. The van der Waals surface area contributed by atoms with Crippen LogP contribution in [0.3, 0.4) is 0 Å². The van der Waals surface area contributed by atoms with Crippen LogP contribution in [0, 0.1) is 6.92 Å². The summed E-state index contributed by atoms with van der Waals surface area (Å²) in [5, 5.41) is 8.94. The van der Waals surface area contributed by atoms with Gasteiger partial charge in [-0.15, -0.1) is 0 Å². The summed E-state index contributed by atoms with van der Waals surface area (Å²) in [6, 6.07) is 3.96. The largest absolute Gasteiger partial charge is 0.479 e. The lowest BCUT2D eigenvalue weighted by Gasteiger charge is -2.07. The Morgan fingerprint density at radius 3 is 3.00 bits per heavy atom. The number of carbonyl (C=O) groups is 1. The van der Waals surface area contributed by atoms with Crippen molar-refractivity contribution in [3.63, 3.8) is 0 Å². The Bertz CT molecular complexity index is 653. The lowest BCUT2D eigenvalue weighted by atomic mass is 10.2. The Balaban J connectivity index is 1.94. The Labute approximate surface area is 118 Å².